The molecule has 2 atom stereocenters. The van der Waals surface area contributed by atoms with Gasteiger partial charge in [0.15, 0.2) is 0 Å². The number of carbonyl (C=O) groups excluding carboxylic acids is 4. The number of hydrogen-bond acceptors (Lipinski definition) is 8. The van der Waals surface area contributed by atoms with Crippen LogP contribution in [0.5, 0.6) is 0 Å². The summed E-state index contributed by atoms with van der Waals surface area (Å²) in [5.41, 5.74) is 0.269. The minimum atomic E-state index is -2.19. The predicted octanol–water partition coefficient (Wildman–Crippen LogP) is 2.95. The molecule has 2 N–H and O–H groups in total. The summed E-state index contributed by atoms with van der Waals surface area (Å²) >= 11 is 0. The summed E-state index contributed by atoms with van der Waals surface area (Å²) in [6.45, 7) is 0. The van der Waals surface area contributed by atoms with E-state index in [1.807, 2.05) is 0 Å². The van der Waals surface area contributed by atoms with Crippen LogP contribution in [0.1, 0.15) is 31.1 Å². The Labute approximate surface area is 205 Å². The highest BCUT2D eigenvalue weighted by molar-refractivity contribution is 6.02. The summed E-state index contributed by atoms with van der Waals surface area (Å²) in [5.74, 6) is -5.54. The van der Waals surface area contributed by atoms with Gasteiger partial charge in [0.05, 0.1) is 23.8 Å². The molecule has 3 rings (SSSR count). The highest BCUT2D eigenvalue weighted by Gasteiger charge is 2.41. The van der Waals surface area contributed by atoms with Crippen molar-refractivity contribution in [3.05, 3.63) is 102 Å². The van der Waals surface area contributed by atoms with Crippen LogP contribution in [0, 0.1) is 0 Å². The third-order valence-electron chi connectivity index (χ3n) is 4.81. The van der Waals surface area contributed by atoms with E-state index in [1.54, 1.807) is 36.4 Å². The van der Waals surface area contributed by atoms with E-state index in [1.165, 1.54) is 55.6 Å². The van der Waals surface area contributed by atoms with E-state index < -0.39 is 42.0 Å². The number of benzene rings is 3. The molecule has 0 heterocycles. The van der Waals surface area contributed by atoms with Crippen LogP contribution < -0.4 is 5.32 Å². The van der Waals surface area contributed by atoms with Gasteiger partial charge >= 0.3 is 23.9 Å². The third kappa shape index (κ3) is 6.54. The summed E-state index contributed by atoms with van der Waals surface area (Å²) in [6.07, 6.45) is -4.26. The molecule has 0 bridgehead atoms. The van der Waals surface area contributed by atoms with Crippen LogP contribution in [-0.4, -0.2) is 54.2 Å². The fourth-order valence-corrected chi connectivity index (χ4v) is 3.06. The number of carboxylic acids is 1. The van der Waals surface area contributed by atoms with Gasteiger partial charge in [-0.15, -0.1) is 0 Å². The molecule has 3 aromatic rings. The Morgan fingerprint density at radius 2 is 1.17 bits per heavy atom. The third-order valence-corrected chi connectivity index (χ3v) is 4.81. The van der Waals surface area contributed by atoms with Crippen molar-refractivity contribution in [1.82, 2.24) is 0 Å². The van der Waals surface area contributed by atoms with E-state index in [0.717, 1.165) is 0 Å². The van der Waals surface area contributed by atoms with Gasteiger partial charge in [0.25, 0.3) is 5.91 Å². The molecule has 0 fully saturated rings. The molecular formula is C26H21NO9. The molecule has 10 heteroatoms. The van der Waals surface area contributed by atoms with E-state index in [4.69, 9.17) is 9.47 Å². The lowest BCUT2D eigenvalue weighted by molar-refractivity contribution is -0.157. The zero-order valence-electron chi connectivity index (χ0n) is 19.0. The number of ether oxygens (including phenoxy) is 3. The van der Waals surface area contributed by atoms with Crippen LogP contribution in [-0.2, 0) is 23.8 Å². The first-order chi connectivity index (χ1) is 17.3. The van der Waals surface area contributed by atoms with Crippen LogP contribution >= 0.6 is 0 Å². The quantitative estimate of drug-likeness (QED) is 0.341. The summed E-state index contributed by atoms with van der Waals surface area (Å²) in [5, 5.41) is 12.2. The number of anilines is 1. The second-order valence-corrected chi connectivity index (χ2v) is 7.28. The molecule has 184 valence electrons. The Kier molecular flexibility index (Phi) is 8.49. The van der Waals surface area contributed by atoms with Crippen molar-refractivity contribution in [2.24, 2.45) is 0 Å². The topological polar surface area (TPSA) is 145 Å². The second kappa shape index (κ2) is 11.9. The lowest BCUT2D eigenvalue weighted by Crippen LogP contribution is -2.48. The molecule has 36 heavy (non-hydrogen) atoms. The minimum Gasteiger partial charge on any atom is -0.478 e. The molecule has 0 spiro atoms. The van der Waals surface area contributed by atoms with Gasteiger partial charge in [0, 0.05) is 5.69 Å². The Morgan fingerprint density at radius 1 is 0.667 bits per heavy atom. The maximum absolute atomic E-state index is 13.1. The van der Waals surface area contributed by atoms with Gasteiger partial charge in [-0.05, 0) is 42.5 Å². The van der Waals surface area contributed by atoms with Crippen LogP contribution in [0.3, 0.4) is 0 Å². The van der Waals surface area contributed by atoms with Crippen LogP contribution in [0.4, 0.5) is 5.69 Å². The first kappa shape index (κ1) is 25.6. The number of hydrogen-bond donors (Lipinski definition) is 2. The molecule has 0 saturated heterocycles. The van der Waals surface area contributed by atoms with Gasteiger partial charge in [-0.2, -0.15) is 0 Å². The van der Waals surface area contributed by atoms with Gasteiger partial charge in [-0.3, -0.25) is 4.79 Å². The van der Waals surface area contributed by atoms with E-state index in [9.17, 15) is 29.1 Å². The zero-order valence-corrected chi connectivity index (χ0v) is 19.0. The Balaban J connectivity index is 1.91. The van der Waals surface area contributed by atoms with Gasteiger partial charge in [0.1, 0.15) is 0 Å². The molecule has 1 amide bonds. The predicted molar refractivity (Wildman–Crippen MR) is 125 cm³/mol. The molecule has 0 aromatic heterocycles. The van der Waals surface area contributed by atoms with E-state index >= 15 is 0 Å². The van der Waals surface area contributed by atoms with E-state index in [-0.39, 0.29) is 22.4 Å². The smallest absolute Gasteiger partial charge is 0.349 e. The van der Waals surface area contributed by atoms with Crippen LogP contribution in [0.25, 0.3) is 0 Å². The summed E-state index contributed by atoms with van der Waals surface area (Å²) < 4.78 is 15.0. The lowest BCUT2D eigenvalue weighted by Gasteiger charge is -2.23. The Morgan fingerprint density at radius 3 is 1.67 bits per heavy atom. The molecule has 10 nitrogen and oxygen atoms in total. The molecular weight excluding hydrogens is 470 g/mol. The molecule has 0 aliphatic heterocycles. The monoisotopic (exact) mass is 491 g/mol. The second-order valence-electron chi connectivity index (χ2n) is 7.28. The van der Waals surface area contributed by atoms with Crippen molar-refractivity contribution in [2.75, 3.05) is 12.4 Å². The number of rotatable bonds is 9. The highest BCUT2D eigenvalue weighted by atomic mass is 16.6. The number of aliphatic carboxylic acids is 1. The molecule has 0 aliphatic rings. The summed E-state index contributed by atoms with van der Waals surface area (Å²) in [6, 6.07) is 20.7. The standard InChI is InChI=1S/C26H21NO9/c1-34-24(31)18-13-8-14-19(15-18)27-22(28)20(35-25(32)16-9-4-2-5-10-16)21(23(29)30)36-26(33)17-11-6-3-7-12-17/h2-15,20-21H,1H3,(H,27,28)(H,29,30)/t20-,21+/m0/s1. The van der Waals surface area contributed by atoms with Crippen molar-refractivity contribution in [1.29, 1.82) is 0 Å². The van der Waals surface area contributed by atoms with Crippen molar-refractivity contribution in [2.45, 2.75) is 12.2 Å². The molecule has 0 radical (unpaired) electrons. The number of amides is 1. The lowest BCUT2D eigenvalue weighted by atomic mass is 10.1. The van der Waals surface area contributed by atoms with Crippen molar-refractivity contribution in [3.63, 3.8) is 0 Å². The largest absolute Gasteiger partial charge is 0.478 e. The summed E-state index contributed by atoms with van der Waals surface area (Å²) in [7, 11) is 1.19. The number of esters is 3. The number of carbonyl (C=O) groups is 5. The highest BCUT2D eigenvalue weighted by Crippen LogP contribution is 2.17. The molecule has 0 aliphatic carbocycles. The first-order valence-corrected chi connectivity index (χ1v) is 10.5. The average molecular weight is 491 g/mol. The van der Waals surface area contributed by atoms with E-state index in [2.05, 4.69) is 10.1 Å². The van der Waals surface area contributed by atoms with Crippen molar-refractivity contribution < 1.29 is 43.3 Å². The first-order valence-electron chi connectivity index (χ1n) is 10.5. The van der Waals surface area contributed by atoms with Crippen molar-refractivity contribution in [3.8, 4) is 0 Å². The minimum absolute atomic E-state index is 0.0306. The van der Waals surface area contributed by atoms with Crippen LogP contribution in [0.15, 0.2) is 84.9 Å². The normalized spacial score (nSPS) is 11.9. The SMILES string of the molecule is COC(=O)c1cccc(NC(=O)[C@@H](OC(=O)c2ccccc2)[C@@H](OC(=O)c2ccccc2)C(=O)O)c1. The molecule has 0 unspecified atom stereocenters. The fourth-order valence-electron chi connectivity index (χ4n) is 3.06. The number of nitrogens with one attached hydrogen (secondary N) is 1. The Hall–Kier alpha value is -4.99. The van der Waals surface area contributed by atoms with Gasteiger partial charge in [0.2, 0.25) is 12.2 Å². The average Bonchev–Trinajstić information content (AvgIpc) is 2.90. The van der Waals surface area contributed by atoms with E-state index in [0.29, 0.717) is 0 Å². The Bertz CT molecular complexity index is 1260. The van der Waals surface area contributed by atoms with Gasteiger partial charge in [-0.25, -0.2) is 19.2 Å². The van der Waals surface area contributed by atoms with Gasteiger partial charge in [-0.1, -0.05) is 42.5 Å². The fraction of sp³-hybridized carbons (Fsp3) is 0.115. The molecule has 3 aromatic carbocycles. The molecule has 0 saturated carbocycles. The van der Waals surface area contributed by atoms with Gasteiger partial charge < -0.3 is 24.6 Å². The number of carboxylic acid groups (broad SMARTS) is 1. The van der Waals surface area contributed by atoms with Crippen molar-refractivity contribution >= 4 is 35.5 Å². The van der Waals surface area contributed by atoms with Crippen LogP contribution in [0.2, 0.25) is 0 Å². The maximum Gasteiger partial charge on any atom is 0.349 e. The summed E-state index contributed by atoms with van der Waals surface area (Å²) in [4.78, 5) is 62.2. The maximum atomic E-state index is 13.1. The number of methoxy groups -OCH3 is 1. The zero-order chi connectivity index (χ0) is 26.1.